The third kappa shape index (κ3) is 3.00. The molecule has 18 heavy (non-hydrogen) atoms. The fourth-order valence-corrected chi connectivity index (χ4v) is 1.98. The van der Waals surface area contributed by atoms with Gasteiger partial charge in [0.1, 0.15) is 0 Å². The summed E-state index contributed by atoms with van der Waals surface area (Å²) in [6.07, 6.45) is 1.78. The molecule has 2 aromatic rings. The third-order valence-corrected chi connectivity index (χ3v) is 3.18. The summed E-state index contributed by atoms with van der Waals surface area (Å²) in [7, 11) is 2.03. The van der Waals surface area contributed by atoms with Crippen LogP contribution in [-0.2, 0) is 13.1 Å². The summed E-state index contributed by atoms with van der Waals surface area (Å²) in [6.45, 7) is 1.21. The number of hydrogen-bond donors (Lipinski definition) is 1. The molecule has 2 rings (SSSR count). The fourth-order valence-electron chi connectivity index (χ4n) is 1.79. The van der Waals surface area contributed by atoms with Crippen LogP contribution >= 0.6 is 11.6 Å². The minimum Gasteiger partial charge on any atom is -0.370 e. The molecule has 0 aliphatic rings. The molecule has 1 heterocycles. The molecule has 0 unspecified atom stereocenters. The van der Waals surface area contributed by atoms with Crippen molar-refractivity contribution in [2.45, 2.75) is 13.1 Å². The van der Waals surface area contributed by atoms with Crippen LogP contribution in [0.5, 0.6) is 0 Å². The van der Waals surface area contributed by atoms with Gasteiger partial charge in [-0.05, 0) is 23.8 Å². The predicted octanol–water partition coefficient (Wildman–Crippen LogP) is 2.83. The summed E-state index contributed by atoms with van der Waals surface area (Å²) in [5.41, 5.74) is 8.67. The zero-order chi connectivity index (χ0) is 13.0. The first kappa shape index (κ1) is 12.9. The van der Waals surface area contributed by atoms with E-state index in [9.17, 15) is 0 Å². The molecule has 0 saturated carbocycles. The standard InChI is InChI=1S/C14H16ClN3/c1-18(10-11-4-2-3-5-14(11)15)13-6-7-17-12(8-13)9-16/h2-8H,9-10,16H2,1H3. The first-order valence-electron chi connectivity index (χ1n) is 5.80. The van der Waals surface area contributed by atoms with E-state index in [1.165, 1.54) is 0 Å². The molecular weight excluding hydrogens is 246 g/mol. The summed E-state index contributed by atoms with van der Waals surface area (Å²) in [5, 5.41) is 0.789. The van der Waals surface area contributed by atoms with Gasteiger partial charge in [-0.15, -0.1) is 0 Å². The molecule has 0 aliphatic heterocycles. The average molecular weight is 262 g/mol. The Hall–Kier alpha value is -1.58. The molecule has 1 aromatic carbocycles. The Morgan fingerprint density at radius 1 is 1.28 bits per heavy atom. The maximum Gasteiger partial charge on any atom is 0.0560 e. The highest BCUT2D eigenvalue weighted by atomic mass is 35.5. The van der Waals surface area contributed by atoms with E-state index < -0.39 is 0 Å². The molecule has 0 bridgehead atoms. The number of nitrogens with zero attached hydrogens (tertiary/aromatic N) is 2. The van der Waals surface area contributed by atoms with E-state index in [4.69, 9.17) is 17.3 Å². The number of nitrogens with two attached hydrogens (primary N) is 1. The van der Waals surface area contributed by atoms with Gasteiger partial charge in [0, 0.05) is 37.0 Å². The van der Waals surface area contributed by atoms with Crippen LogP contribution in [0.3, 0.4) is 0 Å². The van der Waals surface area contributed by atoms with Crippen LogP contribution in [0, 0.1) is 0 Å². The van der Waals surface area contributed by atoms with E-state index in [0.29, 0.717) is 6.54 Å². The predicted molar refractivity (Wildman–Crippen MR) is 75.7 cm³/mol. The van der Waals surface area contributed by atoms with E-state index in [1.54, 1.807) is 6.20 Å². The number of halogens is 1. The van der Waals surface area contributed by atoms with E-state index in [0.717, 1.165) is 28.5 Å². The molecule has 3 nitrogen and oxygen atoms in total. The van der Waals surface area contributed by atoms with Crippen molar-refractivity contribution in [2.24, 2.45) is 5.73 Å². The summed E-state index contributed by atoms with van der Waals surface area (Å²) < 4.78 is 0. The van der Waals surface area contributed by atoms with Gasteiger partial charge in [0.05, 0.1) is 5.69 Å². The number of pyridine rings is 1. The van der Waals surface area contributed by atoms with Gasteiger partial charge >= 0.3 is 0 Å². The van der Waals surface area contributed by atoms with Crippen molar-refractivity contribution in [1.82, 2.24) is 4.98 Å². The van der Waals surface area contributed by atoms with Crippen LogP contribution in [0.1, 0.15) is 11.3 Å². The molecule has 0 atom stereocenters. The molecule has 4 heteroatoms. The van der Waals surface area contributed by atoms with Crippen molar-refractivity contribution in [1.29, 1.82) is 0 Å². The van der Waals surface area contributed by atoms with Gasteiger partial charge in [0.2, 0.25) is 0 Å². The largest absolute Gasteiger partial charge is 0.370 e. The summed E-state index contributed by atoms with van der Waals surface area (Å²) in [4.78, 5) is 6.31. The second kappa shape index (κ2) is 5.85. The van der Waals surface area contributed by atoms with E-state index in [2.05, 4.69) is 9.88 Å². The number of hydrogen-bond acceptors (Lipinski definition) is 3. The van der Waals surface area contributed by atoms with Gasteiger partial charge in [-0.3, -0.25) is 4.98 Å². The van der Waals surface area contributed by atoms with Crippen LogP contribution in [0.4, 0.5) is 5.69 Å². The van der Waals surface area contributed by atoms with Gasteiger partial charge in [-0.2, -0.15) is 0 Å². The zero-order valence-corrected chi connectivity index (χ0v) is 11.1. The van der Waals surface area contributed by atoms with Crippen LogP contribution < -0.4 is 10.6 Å². The molecule has 0 aliphatic carbocycles. The topological polar surface area (TPSA) is 42.2 Å². The molecule has 0 spiro atoms. The Morgan fingerprint density at radius 3 is 2.78 bits per heavy atom. The summed E-state index contributed by atoms with van der Waals surface area (Å²) >= 11 is 6.16. The molecule has 0 fully saturated rings. The summed E-state index contributed by atoms with van der Waals surface area (Å²) in [6, 6.07) is 11.8. The SMILES string of the molecule is CN(Cc1ccccc1Cl)c1ccnc(CN)c1. The maximum atomic E-state index is 6.16. The normalized spacial score (nSPS) is 10.4. The van der Waals surface area contributed by atoms with Crippen LogP contribution in [-0.4, -0.2) is 12.0 Å². The Labute approximate surface area is 112 Å². The van der Waals surface area contributed by atoms with Crippen molar-refractivity contribution in [3.8, 4) is 0 Å². The third-order valence-electron chi connectivity index (χ3n) is 2.82. The molecule has 2 N–H and O–H groups in total. The average Bonchev–Trinajstić information content (AvgIpc) is 2.41. The first-order chi connectivity index (χ1) is 8.70. The van der Waals surface area contributed by atoms with Crippen molar-refractivity contribution >= 4 is 17.3 Å². The highest BCUT2D eigenvalue weighted by Crippen LogP contribution is 2.20. The lowest BCUT2D eigenvalue weighted by Crippen LogP contribution is -2.17. The molecule has 0 radical (unpaired) electrons. The monoisotopic (exact) mass is 261 g/mol. The second-order valence-electron chi connectivity index (χ2n) is 4.16. The fraction of sp³-hybridized carbons (Fsp3) is 0.214. The lowest BCUT2D eigenvalue weighted by molar-refractivity contribution is 0.909. The Bertz CT molecular complexity index is 528. The first-order valence-corrected chi connectivity index (χ1v) is 6.18. The van der Waals surface area contributed by atoms with Gasteiger partial charge in [-0.25, -0.2) is 0 Å². The van der Waals surface area contributed by atoms with Gasteiger partial charge in [-0.1, -0.05) is 29.8 Å². The van der Waals surface area contributed by atoms with Gasteiger partial charge in [0.15, 0.2) is 0 Å². The van der Waals surface area contributed by atoms with E-state index in [-0.39, 0.29) is 0 Å². The molecule has 1 aromatic heterocycles. The number of benzene rings is 1. The van der Waals surface area contributed by atoms with Crippen LogP contribution in [0.2, 0.25) is 5.02 Å². The van der Waals surface area contributed by atoms with E-state index >= 15 is 0 Å². The lowest BCUT2D eigenvalue weighted by Gasteiger charge is -2.20. The Kier molecular flexibility index (Phi) is 4.18. The number of aromatic nitrogens is 1. The van der Waals surface area contributed by atoms with Gasteiger partial charge in [0.25, 0.3) is 0 Å². The second-order valence-corrected chi connectivity index (χ2v) is 4.56. The van der Waals surface area contributed by atoms with Crippen molar-refractivity contribution < 1.29 is 0 Å². The number of rotatable bonds is 4. The van der Waals surface area contributed by atoms with Crippen molar-refractivity contribution in [3.63, 3.8) is 0 Å². The highest BCUT2D eigenvalue weighted by molar-refractivity contribution is 6.31. The van der Waals surface area contributed by atoms with E-state index in [1.807, 2.05) is 43.4 Å². The van der Waals surface area contributed by atoms with Crippen LogP contribution in [0.15, 0.2) is 42.6 Å². The highest BCUT2D eigenvalue weighted by Gasteiger charge is 2.05. The van der Waals surface area contributed by atoms with Crippen molar-refractivity contribution in [3.05, 3.63) is 58.9 Å². The van der Waals surface area contributed by atoms with Gasteiger partial charge < -0.3 is 10.6 Å². The maximum absolute atomic E-state index is 6.16. The Morgan fingerprint density at radius 2 is 2.06 bits per heavy atom. The van der Waals surface area contributed by atoms with Crippen LogP contribution in [0.25, 0.3) is 0 Å². The number of anilines is 1. The minimum absolute atomic E-state index is 0.452. The molecule has 0 saturated heterocycles. The smallest absolute Gasteiger partial charge is 0.0560 e. The minimum atomic E-state index is 0.452. The summed E-state index contributed by atoms with van der Waals surface area (Å²) in [5.74, 6) is 0. The molecular formula is C14H16ClN3. The Balaban J connectivity index is 2.16. The quantitative estimate of drug-likeness (QED) is 0.920. The lowest BCUT2D eigenvalue weighted by atomic mass is 10.2. The van der Waals surface area contributed by atoms with Crippen molar-refractivity contribution in [2.75, 3.05) is 11.9 Å². The zero-order valence-electron chi connectivity index (χ0n) is 10.3. The molecule has 0 amide bonds. The molecule has 94 valence electrons.